The zero-order valence-corrected chi connectivity index (χ0v) is 15.8. The second-order valence-corrected chi connectivity index (χ2v) is 5.72. The van der Waals surface area contributed by atoms with Crippen LogP contribution in [-0.4, -0.2) is 77.1 Å². The Balaban J connectivity index is 3.07. The van der Waals surface area contributed by atoms with Crippen LogP contribution in [0.4, 0.5) is 0 Å². The van der Waals surface area contributed by atoms with Crippen LogP contribution in [0.25, 0.3) is 0 Å². The number of hydrogen-bond acceptors (Lipinski definition) is 8. The molecule has 5 amide bonds. The third-order valence-electron chi connectivity index (χ3n) is 3.74. The van der Waals surface area contributed by atoms with Crippen molar-refractivity contribution in [1.82, 2.24) is 20.0 Å². The van der Waals surface area contributed by atoms with Crippen molar-refractivity contribution in [3.05, 3.63) is 36.7 Å². The molecule has 154 valence electrons. The number of imide groups is 2. The monoisotopic (exact) mass is 404 g/mol. The van der Waals surface area contributed by atoms with E-state index in [2.05, 4.69) is 18.5 Å². The number of allylic oxidation sites excluding steroid dienone is 1. The SMILES string of the molecule is C=C(CC=O)N(CC(=O)N(CNC)C(=O)C(=C)N1C(=O)C=CC1=O)C(=O)CC=O. The van der Waals surface area contributed by atoms with Crippen molar-refractivity contribution in [2.75, 3.05) is 20.3 Å². The van der Waals surface area contributed by atoms with Gasteiger partial charge < -0.3 is 19.8 Å². The largest absolute Gasteiger partial charge is 0.307 e. The first-order valence-electron chi connectivity index (χ1n) is 8.29. The lowest BCUT2D eigenvalue weighted by Gasteiger charge is -2.28. The molecular formula is C18H20N4O7. The van der Waals surface area contributed by atoms with Gasteiger partial charge in [0.15, 0.2) is 0 Å². The summed E-state index contributed by atoms with van der Waals surface area (Å²) in [4.78, 5) is 84.3. The lowest BCUT2D eigenvalue weighted by Crippen LogP contribution is -2.50. The number of amides is 5. The number of carbonyl (C=O) groups is 7. The molecule has 1 aliphatic heterocycles. The molecule has 0 saturated heterocycles. The molecule has 11 heteroatoms. The molecule has 0 aromatic carbocycles. The molecule has 1 N–H and O–H groups in total. The molecule has 0 unspecified atom stereocenters. The minimum absolute atomic E-state index is 0.0371. The van der Waals surface area contributed by atoms with Crippen LogP contribution in [0.1, 0.15) is 12.8 Å². The maximum Gasteiger partial charge on any atom is 0.278 e. The topological polar surface area (TPSA) is 141 Å². The third-order valence-corrected chi connectivity index (χ3v) is 3.74. The quantitative estimate of drug-likeness (QED) is 0.144. The van der Waals surface area contributed by atoms with Crippen LogP contribution in [0.2, 0.25) is 0 Å². The van der Waals surface area contributed by atoms with Gasteiger partial charge in [0.1, 0.15) is 24.8 Å². The van der Waals surface area contributed by atoms with Crippen molar-refractivity contribution in [3.63, 3.8) is 0 Å². The Labute approximate surface area is 166 Å². The molecule has 0 aromatic heterocycles. The van der Waals surface area contributed by atoms with Gasteiger partial charge in [-0.1, -0.05) is 13.2 Å². The summed E-state index contributed by atoms with van der Waals surface area (Å²) in [7, 11) is 1.44. The maximum absolute atomic E-state index is 12.7. The van der Waals surface area contributed by atoms with Gasteiger partial charge in [0, 0.05) is 24.3 Å². The summed E-state index contributed by atoms with van der Waals surface area (Å²) in [5.74, 6) is -4.31. The fraction of sp³-hybridized carbons (Fsp3) is 0.278. The van der Waals surface area contributed by atoms with Crippen LogP contribution >= 0.6 is 0 Å². The van der Waals surface area contributed by atoms with Gasteiger partial charge in [-0.05, 0) is 7.05 Å². The average molecular weight is 404 g/mol. The van der Waals surface area contributed by atoms with Gasteiger partial charge >= 0.3 is 0 Å². The summed E-state index contributed by atoms with van der Waals surface area (Å²) in [6.45, 7) is 5.93. The molecule has 0 atom stereocenters. The minimum Gasteiger partial charge on any atom is -0.307 e. The molecule has 1 aliphatic rings. The molecule has 0 saturated carbocycles. The number of aldehydes is 2. The Bertz CT molecular complexity index is 775. The summed E-state index contributed by atoms with van der Waals surface area (Å²) >= 11 is 0. The smallest absolute Gasteiger partial charge is 0.278 e. The summed E-state index contributed by atoms with van der Waals surface area (Å²) in [5, 5.41) is 2.58. The second kappa shape index (κ2) is 10.6. The van der Waals surface area contributed by atoms with Gasteiger partial charge in [-0.15, -0.1) is 0 Å². The number of nitrogens with one attached hydrogen (secondary N) is 1. The van der Waals surface area contributed by atoms with Crippen molar-refractivity contribution in [3.8, 4) is 0 Å². The van der Waals surface area contributed by atoms with Gasteiger partial charge in [-0.3, -0.25) is 28.9 Å². The lowest BCUT2D eigenvalue weighted by atomic mass is 10.2. The van der Waals surface area contributed by atoms with Gasteiger partial charge in [0.25, 0.3) is 23.6 Å². The average Bonchev–Trinajstić information content (AvgIpc) is 3.01. The molecule has 11 nitrogen and oxygen atoms in total. The Morgan fingerprint density at radius 3 is 2.03 bits per heavy atom. The van der Waals surface area contributed by atoms with Crippen molar-refractivity contribution in [1.29, 1.82) is 0 Å². The van der Waals surface area contributed by atoms with Crippen molar-refractivity contribution < 1.29 is 33.6 Å². The molecule has 29 heavy (non-hydrogen) atoms. The minimum atomic E-state index is -1.04. The van der Waals surface area contributed by atoms with Crippen LogP contribution in [0.5, 0.6) is 0 Å². The molecule has 0 aliphatic carbocycles. The third kappa shape index (κ3) is 5.62. The van der Waals surface area contributed by atoms with Crippen molar-refractivity contribution in [2.45, 2.75) is 12.8 Å². The summed E-state index contributed by atoms with van der Waals surface area (Å²) in [6, 6.07) is 0. The van der Waals surface area contributed by atoms with E-state index < -0.39 is 48.2 Å². The number of hydrogen-bond donors (Lipinski definition) is 1. The van der Waals surface area contributed by atoms with Crippen LogP contribution in [-0.2, 0) is 33.6 Å². The maximum atomic E-state index is 12.7. The Kier molecular flexibility index (Phi) is 8.49. The Morgan fingerprint density at radius 1 is 1.00 bits per heavy atom. The van der Waals surface area contributed by atoms with Gasteiger partial charge in [-0.25, -0.2) is 4.90 Å². The van der Waals surface area contributed by atoms with E-state index >= 15 is 0 Å². The molecule has 1 rings (SSSR count). The predicted octanol–water partition coefficient (Wildman–Crippen LogP) is -1.52. The normalized spacial score (nSPS) is 12.5. The highest BCUT2D eigenvalue weighted by Crippen LogP contribution is 2.15. The lowest BCUT2D eigenvalue weighted by molar-refractivity contribution is -0.149. The molecule has 1 heterocycles. The highest BCUT2D eigenvalue weighted by atomic mass is 16.2. The highest BCUT2D eigenvalue weighted by Gasteiger charge is 2.34. The van der Waals surface area contributed by atoms with Crippen LogP contribution in [0, 0.1) is 0 Å². The number of carbonyl (C=O) groups excluding carboxylic acids is 7. The predicted molar refractivity (Wildman–Crippen MR) is 98.1 cm³/mol. The van der Waals surface area contributed by atoms with E-state index in [9.17, 15) is 33.6 Å². The zero-order chi connectivity index (χ0) is 22.1. The second-order valence-electron chi connectivity index (χ2n) is 5.72. The van der Waals surface area contributed by atoms with Crippen LogP contribution in [0.15, 0.2) is 36.7 Å². The van der Waals surface area contributed by atoms with Gasteiger partial charge in [0.2, 0.25) is 5.91 Å². The fourth-order valence-electron chi connectivity index (χ4n) is 2.33. The van der Waals surface area contributed by atoms with Crippen molar-refractivity contribution in [2.24, 2.45) is 0 Å². The molecule has 0 spiro atoms. The van der Waals surface area contributed by atoms with E-state index in [1.165, 1.54) is 7.05 Å². The molecule has 0 fully saturated rings. The van der Waals surface area contributed by atoms with E-state index in [0.717, 1.165) is 17.1 Å². The standard InChI is InChI=1S/C18H20N4O7/c1-12(6-8-23)20(14(25)7-9-24)10-17(28)21(11-19-3)18(29)13(2)22-15(26)4-5-16(22)27/h4-5,8-9,19H,1-2,6-7,10-11H2,3H3. The van der Waals surface area contributed by atoms with Gasteiger partial charge in [0.05, 0.1) is 13.1 Å². The summed E-state index contributed by atoms with van der Waals surface area (Å²) < 4.78 is 0. The van der Waals surface area contributed by atoms with E-state index in [-0.39, 0.29) is 18.8 Å². The van der Waals surface area contributed by atoms with E-state index in [4.69, 9.17) is 0 Å². The molecule has 0 radical (unpaired) electrons. The summed E-state index contributed by atoms with van der Waals surface area (Å²) in [6.07, 6.45) is 1.86. The first kappa shape index (κ1) is 23.3. The Morgan fingerprint density at radius 2 is 1.55 bits per heavy atom. The first-order chi connectivity index (χ1) is 13.7. The zero-order valence-electron chi connectivity index (χ0n) is 15.8. The van der Waals surface area contributed by atoms with Gasteiger partial charge in [-0.2, -0.15) is 0 Å². The summed E-state index contributed by atoms with van der Waals surface area (Å²) in [5.41, 5.74) is -0.587. The van der Waals surface area contributed by atoms with Crippen LogP contribution < -0.4 is 5.32 Å². The first-order valence-corrected chi connectivity index (χ1v) is 8.29. The number of nitrogens with zero attached hydrogens (tertiary/aromatic N) is 3. The fourth-order valence-corrected chi connectivity index (χ4v) is 2.33. The van der Waals surface area contributed by atoms with E-state index in [1.54, 1.807) is 0 Å². The molecular weight excluding hydrogens is 384 g/mol. The molecule has 0 bridgehead atoms. The molecule has 0 aromatic rings. The van der Waals surface area contributed by atoms with E-state index in [0.29, 0.717) is 22.4 Å². The van der Waals surface area contributed by atoms with Crippen LogP contribution in [0.3, 0.4) is 0 Å². The Hall–Kier alpha value is -3.73. The highest BCUT2D eigenvalue weighted by molar-refractivity contribution is 6.19. The van der Waals surface area contributed by atoms with Crippen molar-refractivity contribution >= 4 is 42.1 Å². The number of rotatable bonds is 11. The van der Waals surface area contributed by atoms with E-state index in [1.807, 2.05) is 0 Å².